The summed E-state index contributed by atoms with van der Waals surface area (Å²) < 4.78 is 1.91. The number of rotatable bonds is 3. The first-order chi connectivity index (χ1) is 9.23. The van der Waals surface area contributed by atoms with Crippen LogP contribution in [0.1, 0.15) is 44.9 Å². The molecule has 1 atom stereocenters. The minimum atomic E-state index is 0.373. The van der Waals surface area contributed by atoms with Gasteiger partial charge in [0.25, 0.3) is 0 Å². The molecule has 106 valence electrons. The predicted molar refractivity (Wildman–Crippen MR) is 74.7 cm³/mol. The fourth-order valence-electron chi connectivity index (χ4n) is 3.64. The molecule has 1 aliphatic heterocycles. The molecule has 0 aromatic carbocycles. The highest BCUT2D eigenvalue weighted by atomic mass is 15.4. The Kier molecular flexibility index (Phi) is 3.58. The Morgan fingerprint density at radius 1 is 1.42 bits per heavy atom. The summed E-state index contributed by atoms with van der Waals surface area (Å²) in [4.78, 5) is 7.08. The van der Waals surface area contributed by atoms with Crippen molar-refractivity contribution in [3.05, 3.63) is 12.2 Å². The molecule has 0 bridgehead atoms. The fraction of sp³-hybridized carbons (Fsp3) is 0.857. The summed E-state index contributed by atoms with van der Waals surface area (Å²) >= 11 is 0. The van der Waals surface area contributed by atoms with Crippen LogP contribution in [0.25, 0.3) is 0 Å². The van der Waals surface area contributed by atoms with Gasteiger partial charge >= 0.3 is 0 Å². The minimum absolute atomic E-state index is 0.373. The monoisotopic (exact) mass is 263 g/mol. The van der Waals surface area contributed by atoms with Crippen LogP contribution in [0.4, 0.5) is 0 Å². The molecular weight excluding hydrogens is 238 g/mol. The first-order valence-corrected chi connectivity index (χ1v) is 7.55. The molecule has 5 heteroatoms. The molecule has 1 unspecified atom stereocenters. The third kappa shape index (κ3) is 2.41. The van der Waals surface area contributed by atoms with Crippen molar-refractivity contribution >= 4 is 0 Å². The smallest absolute Gasteiger partial charge is 0.140 e. The Hall–Kier alpha value is -0.940. The van der Waals surface area contributed by atoms with Crippen LogP contribution >= 0.6 is 0 Å². The second-order valence-corrected chi connectivity index (χ2v) is 6.10. The van der Waals surface area contributed by atoms with Crippen LogP contribution in [0.5, 0.6) is 0 Å². The maximum absolute atomic E-state index is 4.41. The summed E-state index contributed by atoms with van der Waals surface area (Å²) in [6, 6.07) is 0.624. The number of nitrogens with one attached hydrogen (secondary N) is 1. The number of hydrogen-bond donors (Lipinski definition) is 1. The molecule has 1 saturated heterocycles. The van der Waals surface area contributed by atoms with Crippen molar-refractivity contribution in [2.24, 2.45) is 7.05 Å². The quantitative estimate of drug-likeness (QED) is 0.893. The van der Waals surface area contributed by atoms with Crippen LogP contribution in [-0.2, 0) is 13.6 Å². The number of aromatic nitrogens is 3. The van der Waals surface area contributed by atoms with Crippen molar-refractivity contribution in [2.45, 2.75) is 57.2 Å². The lowest BCUT2D eigenvalue weighted by atomic mass is 9.90. The highest BCUT2D eigenvalue weighted by Gasteiger charge is 2.43. The summed E-state index contributed by atoms with van der Waals surface area (Å²) in [6.07, 6.45) is 8.26. The molecule has 1 saturated carbocycles. The van der Waals surface area contributed by atoms with Gasteiger partial charge in [0.1, 0.15) is 12.2 Å². The van der Waals surface area contributed by atoms with E-state index in [-0.39, 0.29) is 0 Å². The number of aryl methyl sites for hydroxylation is 1. The van der Waals surface area contributed by atoms with Crippen molar-refractivity contribution in [1.29, 1.82) is 0 Å². The van der Waals surface area contributed by atoms with Gasteiger partial charge in [-0.3, -0.25) is 9.58 Å². The highest BCUT2D eigenvalue weighted by molar-refractivity contribution is 5.03. The van der Waals surface area contributed by atoms with E-state index in [9.17, 15) is 0 Å². The van der Waals surface area contributed by atoms with E-state index in [1.165, 1.54) is 32.1 Å². The van der Waals surface area contributed by atoms with Crippen LogP contribution in [0.15, 0.2) is 6.33 Å². The molecule has 0 radical (unpaired) electrons. The predicted octanol–water partition coefficient (Wildman–Crippen LogP) is 1.31. The first kappa shape index (κ1) is 13.1. The number of nitrogens with zero attached hydrogens (tertiary/aromatic N) is 4. The van der Waals surface area contributed by atoms with Crippen molar-refractivity contribution in [3.63, 3.8) is 0 Å². The van der Waals surface area contributed by atoms with Crippen LogP contribution in [-0.4, -0.2) is 44.3 Å². The molecule has 0 amide bonds. The zero-order valence-electron chi connectivity index (χ0n) is 12.1. The lowest BCUT2D eigenvalue weighted by molar-refractivity contribution is 0.0319. The van der Waals surface area contributed by atoms with Gasteiger partial charge in [-0.15, -0.1) is 0 Å². The van der Waals surface area contributed by atoms with Crippen molar-refractivity contribution in [3.8, 4) is 0 Å². The second kappa shape index (κ2) is 5.21. The topological polar surface area (TPSA) is 46.0 Å². The molecular formula is C14H25N5. The highest BCUT2D eigenvalue weighted by Crippen LogP contribution is 2.37. The molecule has 2 heterocycles. The van der Waals surface area contributed by atoms with E-state index in [2.05, 4.69) is 27.2 Å². The minimum Gasteiger partial charge on any atom is -0.311 e. The lowest BCUT2D eigenvalue weighted by Gasteiger charge is -2.48. The van der Waals surface area contributed by atoms with Gasteiger partial charge in [0.05, 0.1) is 6.54 Å². The summed E-state index contributed by atoms with van der Waals surface area (Å²) in [6.45, 7) is 5.49. The largest absolute Gasteiger partial charge is 0.311 e. The molecule has 1 aliphatic carbocycles. The van der Waals surface area contributed by atoms with E-state index in [0.717, 1.165) is 25.5 Å². The van der Waals surface area contributed by atoms with Crippen molar-refractivity contribution in [1.82, 2.24) is 25.0 Å². The Balaban J connectivity index is 1.79. The van der Waals surface area contributed by atoms with Crippen LogP contribution in [0.3, 0.4) is 0 Å². The van der Waals surface area contributed by atoms with E-state index in [0.29, 0.717) is 11.6 Å². The zero-order valence-corrected chi connectivity index (χ0v) is 12.1. The second-order valence-electron chi connectivity index (χ2n) is 6.10. The van der Waals surface area contributed by atoms with Gasteiger partial charge in [0.15, 0.2) is 0 Å². The van der Waals surface area contributed by atoms with E-state index in [4.69, 9.17) is 0 Å². The molecule has 19 heavy (non-hydrogen) atoms. The Bertz CT molecular complexity index is 421. The van der Waals surface area contributed by atoms with E-state index >= 15 is 0 Å². The van der Waals surface area contributed by atoms with Gasteiger partial charge in [-0.2, -0.15) is 5.10 Å². The van der Waals surface area contributed by atoms with Crippen molar-refractivity contribution < 1.29 is 0 Å². The Morgan fingerprint density at radius 2 is 2.21 bits per heavy atom. The first-order valence-electron chi connectivity index (χ1n) is 7.55. The Morgan fingerprint density at radius 3 is 2.84 bits per heavy atom. The molecule has 2 aliphatic rings. The SMILES string of the molecule is CCC1CN(Cc2ncnn2C)C2(CCCC2)CN1. The van der Waals surface area contributed by atoms with Gasteiger partial charge in [-0.05, 0) is 19.3 Å². The molecule has 1 aromatic rings. The van der Waals surface area contributed by atoms with E-state index < -0.39 is 0 Å². The van der Waals surface area contributed by atoms with Gasteiger partial charge in [-0.25, -0.2) is 4.98 Å². The van der Waals surface area contributed by atoms with Gasteiger partial charge < -0.3 is 5.32 Å². The lowest BCUT2D eigenvalue weighted by Crippen LogP contribution is -2.63. The summed E-state index contributed by atoms with van der Waals surface area (Å²) in [7, 11) is 1.99. The molecule has 1 aromatic heterocycles. The van der Waals surface area contributed by atoms with Crippen molar-refractivity contribution in [2.75, 3.05) is 13.1 Å². The summed E-state index contributed by atoms with van der Waals surface area (Å²) in [5, 5.41) is 7.94. The van der Waals surface area contributed by atoms with Gasteiger partial charge in [-0.1, -0.05) is 19.8 Å². The summed E-state index contributed by atoms with van der Waals surface area (Å²) in [5.74, 6) is 1.09. The molecule has 1 N–H and O–H groups in total. The van der Waals surface area contributed by atoms with Gasteiger partial charge in [0.2, 0.25) is 0 Å². The maximum Gasteiger partial charge on any atom is 0.140 e. The molecule has 3 rings (SSSR count). The average molecular weight is 263 g/mol. The van der Waals surface area contributed by atoms with E-state index in [1.807, 2.05) is 11.7 Å². The van der Waals surface area contributed by atoms with Crippen LogP contribution < -0.4 is 5.32 Å². The number of hydrogen-bond acceptors (Lipinski definition) is 4. The summed E-state index contributed by atoms with van der Waals surface area (Å²) in [5.41, 5.74) is 0.373. The molecule has 1 spiro atoms. The molecule has 2 fully saturated rings. The Labute approximate surface area is 115 Å². The van der Waals surface area contributed by atoms with Crippen LogP contribution in [0, 0.1) is 0 Å². The normalized spacial score (nSPS) is 27.2. The third-order valence-electron chi connectivity index (χ3n) is 5.00. The fourth-order valence-corrected chi connectivity index (χ4v) is 3.64. The zero-order chi connectivity index (χ0) is 13.3. The van der Waals surface area contributed by atoms with E-state index in [1.54, 1.807) is 6.33 Å². The average Bonchev–Trinajstić information content (AvgIpc) is 3.03. The van der Waals surface area contributed by atoms with Crippen LogP contribution in [0.2, 0.25) is 0 Å². The molecule has 5 nitrogen and oxygen atoms in total. The number of piperazine rings is 1. The standard InChI is InChI=1S/C14H25N5/c1-3-12-8-19(9-13-16-11-17-18(13)2)14(10-15-12)6-4-5-7-14/h11-12,15H,3-10H2,1-2H3. The maximum atomic E-state index is 4.41. The van der Waals surface area contributed by atoms with Gasteiger partial charge in [0, 0.05) is 31.7 Å². The third-order valence-corrected chi connectivity index (χ3v) is 5.00.